The van der Waals surface area contributed by atoms with Gasteiger partial charge in [-0.1, -0.05) is 0 Å². The van der Waals surface area contributed by atoms with Gasteiger partial charge in [-0.05, 0) is 19.5 Å². The molecule has 11 heavy (non-hydrogen) atoms. The minimum absolute atomic E-state index is 0.719. The largest absolute Gasteiger partial charge is 0.377 e. The minimum atomic E-state index is 0.719. The Hall–Kier alpha value is -0.160. The van der Waals surface area contributed by atoms with E-state index in [9.17, 15) is 0 Å². The highest BCUT2D eigenvalue weighted by atomic mass is 16.6. The van der Waals surface area contributed by atoms with Crippen molar-refractivity contribution >= 4 is 0 Å². The summed E-state index contributed by atoms with van der Waals surface area (Å²) in [6.45, 7) is 4.55. The molecule has 0 amide bonds. The van der Waals surface area contributed by atoms with Gasteiger partial charge in [0.15, 0.2) is 0 Å². The molecule has 0 saturated carbocycles. The second-order valence-corrected chi connectivity index (χ2v) is 2.16. The Bertz CT molecular complexity index is 54.0. The van der Waals surface area contributed by atoms with E-state index >= 15 is 0 Å². The predicted molar refractivity (Wildman–Crippen MR) is 44.4 cm³/mol. The zero-order valence-electron chi connectivity index (χ0n) is 6.92. The Labute approximate surface area is 67.8 Å². The molecule has 0 aliphatic carbocycles. The van der Waals surface area contributed by atoms with Gasteiger partial charge in [0.1, 0.15) is 0 Å². The van der Waals surface area contributed by atoms with Gasteiger partial charge in [-0.2, -0.15) is 0 Å². The van der Waals surface area contributed by atoms with Crippen LogP contribution in [0.2, 0.25) is 0 Å². The summed E-state index contributed by atoms with van der Waals surface area (Å²) in [4.78, 5) is 0. The normalized spacial score (nSPS) is 16.9. The van der Waals surface area contributed by atoms with Gasteiger partial charge in [-0.3, -0.25) is 0 Å². The van der Waals surface area contributed by atoms with Crippen molar-refractivity contribution in [3.05, 3.63) is 0 Å². The predicted octanol–water partition coefficient (Wildman–Crippen LogP) is -0.673. The molecule has 1 aliphatic rings. The van der Waals surface area contributed by atoms with Gasteiger partial charge in [0.05, 0.1) is 26.4 Å². The Balaban J connectivity index is 0.000000187. The fraction of sp³-hybridized carbons (Fsp3) is 1.00. The molecule has 0 aromatic rings. The molecule has 1 aliphatic heterocycles. The number of rotatable bonds is 2. The molecule has 1 saturated heterocycles. The summed E-state index contributed by atoms with van der Waals surface area (Å²) in [6.07, 6.45) is 0.944. The van der Waals surface area contributed by atoms with Crippen LogP contribution in [-0.4, -0.2) is 39.5 Å². The SMILES string of the molecule is C1COCCO1.NCCCN. The maximum atomic E-state index is 5.06. The molecule has 1 heterocycles. The number of nitrogens with two attached hydrogens (primary N) is 2. The molecule has 0 radical (unpaired) electrons. The van der Waals surface area contributed by atoms with Gasteiger partial charge in [0, 0.05) is 0 Å². The van der Waals surface area contributed by atoms with E-state index in [0.29, 0.717) is 0 Å². The van der Waals surface area contributed by atoms with E-state index in [0.717, 1.165) is 45.9 Å². The molecule has 0 spiro atoms. The topological polar surface area (TPSA) is 70.5 Å². The third kappa shape index (κ3) is 9.84. The van der Waals surface area contributed by atoms with E-state index in [2.05, 4.69) is 0 Å². The molecule has 1 fully saturated rings. The first kappa shape index (κ1) is 10.8. The Morgan fingerprint density at radius 2 is 1.18 bits per heavy atom. The van der Waals surface area contributed by atoms with E-state index in [-0.39, 0.29) is 0 Å². The van der Waals surface area contributed by atoms with Crippen LogP contribution in [0, 0.1) is 0 Å². The first-order valence-electron chi connectivity index (χ1n) is 3.97. The van der Waals surface area contributed by atoms with Crippen LogP contribution in [0.1, 0.15) is 6.42 Å². The molecule has 4 N–H and O–H groups in total. The zero-order chi connectivity index (χ0) is 8.36. The molecule has 0 unspecified atom stereocenters. The summed E-state index contributed by atoms with van der Waals surface area (Å²) < 4.78 is 9.89. The van der Waals surface area contributed by atoms with Crippen molar-refractivity contribution in [2.45, 2.75) is 6.42 Å². The van der Waals surface area contributed by atoms with Crippen molar-refractivity contribution in [2.75, 3.05) is 39.5 Å². The van der Waals surface area contributed by atoms with Crippen LogP contribution < -0.4 is 11.5 Å². The van der Waals surface area contributed by atoms with Gasteiger partial charge in [-0.25, -0.2) is 0 Å². The van der Waals surface area contributed by atoms with Gasteiger partial charge < -0.3 is 20.9 Å². The highest BCUT2D eigenvalue weighted by Crippen LogP contribution is 1.85. The van der Waals surface area contributed by atoms with Crippen LogP contribution >= 0.6 is 0 Å². The summed E-state index contributed by atoms with van der Waals surface area (Å²) in [5.41, 5.74) is 10.1. The van der Waals surface area contributed by atoms with Gasteiger partial charge in [-0.15, -0.1) is 0 Å². The first-order valence-corrected chi connectivity index (χ1v) is 3.97. The lowest BCUT2D eigenvalue weighted by Gasteiger charge is -2.09. The lowest BCUT2D eigenvalue weighted by Crippen LogP contribution is -2.16. The van der Waals surface area contributed by atoms with Crippen LogP contribution in [0.15, 0.2) is 0 Å². The Kier molecular flexibility index (Phi) is 9.70. The first-order chi connectivity index (χ1) is 5.41. The molecular formula is C7H18N2O2. The number of hydrogen-bond acceptors (Lipinski definition) is 4. The van der Waals surface area contributed by atoms with Crippen molar-refractivity contribution in [1.29, 1.82) is 0 Å². The van der Waals surface area contributed by atoms with E-state index < -0.39 is 0 Å². The Morgan fingerprint density at radius 1 is 0.818 bits per heavy atom. The summed E-state index contributed by atoms with van der Waals surface area (Å²) in [7, 11) is 0. The Morgan fingerprint density at radius 3 is 1.27 bits per heavy atom. The highest BCUT2D eigenvalue weighted by molar-refractivity contribution is 4.37. The molecule has 1 rings (SSSR count). The van der Waals surface area contributed by atoms with Crippen LogP contribution in [0.25, 0.3) is 0 Å². The van der Waals surface area contributed by atoms with E-state index in [1.165, 1.54) is 0 Å². The highest BCUT2D eigenvalue weighted by Gasteiger charge is 1.94. The summed E-state index contributed by atoms with van der Waals surface area (Å²) in [5.74, 6) is 0. The van der Waals surface area contributed by atoms with Gasteiger partial charge in [0.25, 0.3) is 0 Å². The molecule has 0 aromatic heterocycles. The monoisotopic (exact) mass is 162 g/mol. The second kappa shape index (κ2) is 9.84. The van der Waals surface area contributed by atoms with Crippen LogP contribution in [-0.2, 0) is 9.47 Å². The number of ether oxygens (including phenoxy) is 2. The van der Waals surface area contributed by atoms with E-state index in [1.807, 2.05) is 0 Å². The molecule has 4 heteroatoms. The van der Waals surface area contributed by atoms with E-state index in [1.54, 1.807) is 0 Å². The average molecular weight is 162 g/mol. The average Bonchev–Trinajstić information content (AvgIpc) is 2.10. The molecule has 0 bridgehead atoms. The van der Waals surface area contributed by atoms with Crippen molar-refractivity contribution in [1.82, 2.24) is 0 Å². The zero-order valence-corrected chi connectivity index (χ0v) is 6.92. The van der Waals surface area contributed by atoms with Crippen molar-refractivity contribution in [3.63, 3.8) is 0 Å². The molecule has 4 nitrogen and oxygen atoms in total. The van der Waals surface area contributed by atoms with Crippen molar-refractivity contribution in [2.24, 2.45) is 11.5 Å². The fourth-order valence-corrected chi connectivity index (χ4v) is 0.558. The maximum Gasteiger partial charge on any atom is 0.0701 e. The van der Waals surface area contributed by atoms with Crippen LogP contribution in [0.3, 0.4) is 0 Å². The summed E-state index contributed by atoms with van der Waals surface area (Å²) in [5, 5.41) is 0. The second-order valence-electron chi connectivity index (χ2n) is 2.16. The molecular weight excluding hydrogens is 144 g/mol. The third-order valence-electron chi connectivity index (χ3n) is 1.15. The smallest absolute Gasteiger partial charge is 0.0701 e. The van der Waals surface area contributed by atoms with Gasteiger partial charge in [0.2, 0.25) is 0 Å². The van der Waals surface area contributed by atoms with Crippen molar-refractivity contribution < 1.29 is 9.47 Å². The van der Waals surface area contributed by atoms with Crippen LogP contribution in [0.4, 0.5) is 0 Å². The minimum Gasteiger partial charge on any atom is -0.377 e. The fourth-order valence-electron chi connectivity index (χ4n) is 0.558. The standard InChI is InChI=1S/C4H8O2.C3H10N2/c1-2-6-4-3-5-1;4-2-1-3-5/h1-4H2;1-5H2. The molecule has 0 aromatic carbocycles. The maximum absolute atomic E-state index is 5.06. The lowest BCUT2D eigenvalue weighted by atomic mass is 10.4. The van der Waals surface area contributed by atoms with Gasteiger partial charge >= 0.3 is 0 Å². The lowest BCUT2D eigenvalue weighted by molar-refractivity contribution is -0.0334. The third-order valence-corrected chi connectivity index (χ3v) is 1.15. The molecule has 68 valence electrons. The number of hydrogen-bond donors (Lipinski definition) is 2. The van der Waals surface area contributed by atoms with Crippen LogP contribution in [0.5, 0.6) is 0 Å². The molecule has 0 atom stereocenters. The summed E-state index contributed by atoms with van der Waals surface area (Å²) >= 11 is 0. The van der Waals surface area contributed by atoms with Crippen molar-refractivity contribution in [3.8, 4) is 0 Å². The van der Waals surface area contributed by atoms with E-state index in [4.69, 9.17) is 20.9 Å². The summed E-state index contributed by atoms with van der Waals surface area (Å²) in [6, 6.07) is 0. The quantitative estimate of drug-likeness (QED) is 0.565.